The van der Waals surface area contributed by atoms with Crippen LogP contribution >= 0.6 is 0 Å². The number of halogens is 1. The number of carbonyl (C=O) groups is 1. The lowest BCUT2D eigenvalue weighted by Crippen LogP contribution is -2.29. The SMILES string of the molecule is CC(=O)OC1CC(c2ccc(-c3noc(CCC4(c5ccc(F)cc5)CCCCC4)n3)cc2)=NO1. The summed E-state index contributed by atoms with van der Waals surface area (Å²) in [5.74, 6) is 0.535. The summed E-state index contributed by atoms with van der Waals surface area (Å²) < 4.78 is 24.1. The smallest absolute Gasteiger partial charge is 0.305 e. The standard InChI is InChI=1S/C27H28FN3O4/c1-18(32)33-25-17-23(30-35-25)19-5-7-20(8-6-19)26-29-24(34-31-26)13-16-27(14-3-2-4-15-27)21-9-11-22(28)12-10-21/h5-12,25H,2-4,13-17H2,1H3. The Labute approximate surface area is 203 Å². The minimum Gasteiger partial charge on any atom is -0.423 e. The van der Waals surface area contributed by atoms with Crippen molar-refractivity contribution < 1.29 is 23.3 Å². The molecule has 0 spiro atoms. The molecular weight excluding hydrogens is 449 g/mol. The van der Waals surface area contributed by atoms with Crippen molar-refractivity contribution in [3.05, 3.63) is 71.4 Å². The highest BCUT2D eigenvalue weighted by molar-refractivity contribution is 6.01. The summed E-state index contributed by atoms with van der Waals surface area (Å²) in [6, 6.07) is 14.6. The zero-order chi connectivity index (χ0) is 24.3. The summed E-state index contributed by atoms with van der Waals surface area (Å²) >= 11 is 0. The van der Waals surface area contributed by atoms with Gasteiger partial charge in [0.25, 0.3) is 6.29 Å². The van der Waals surface area contributed by atoms with E-state index in [1.54, 1.807) is 12.1 Å². The quantitative estimate of drug-likeness (QED) is 0.404. The van der Waals surface area contributed by atoms with Gasteiger partial charge in [-0.15, -0.1) is 0 Å². The van der Waals surface area contributed by atoms with E-state index >= 15 is 0 Å². The summed E-state index contributed by atoms with van der Waals surface area (Å²) in [5.41, 5.74) is 3.66. The molecule has 1 unspecified atom stereocenters. The Bertz CT molecular complexity index is 1200. The fraction of sp³-hybridized carbons (Fsp3) is 0.407. The molecule has 1 atom stereocenters. The highest BCUT2D eigenvalue weighted by Crippen LogP contribution is 2.43. The van der Waals surface area contributed by atoms with Gasteiger partial charge in [-0.05, 0) is 47.9 Å². The van der Waals surface area contributed by atoms with Crippen LogP contribution in [0, 0.1) is 5.82 Å². The van der Waals surface area contributed by atoms with E-state index in [2.05, 4.69) is 15.3 Å². The monoisotopic (exact) mass is 477 g/mol. The number of carbonyl (C=O) groups excluding carboxylic acids is 1. The maximum atomic E-state index is 13.5. The first-order valence-electron chi connectivity index (χ1n) is 12.1. The highest BCUT2D eigenvalue weighted by atomic mass is 19.1. The zero-order valence-electron chi connectivity index (χ0n) is 19.7. The average Bonchev–Trinajstić information content (AvgIpc) is 3.53. The van der Waals surface area contributed by atoms with Crippen LogP contribution in [-0.4, -0.2) is 28.1 Å². The number of oxime groups is 1. The van der Waals surface area contributed by atoms with Gasteiger partial charge in [0.1, 0.15) is 5.82 Å². The number of aryl methyl sites for hydroxylation is 1. The van der Waals surface area contributed by atoms with Gasteiger partial charge in [-0.1, -0.05) is 66.0 Å². The van der Waals surface area contributed by atoms with Crippen molar-refractivity contribution in [3.63, 3.8) is 0 Å². The Kier molecular flexibility index (Phi) is 6.61. The minimum absolute atomic E-state index is 0.0241. The molecule has 5 rings (SSSR count). The second-order valence-corrected chi connectivity index (χ2v) is 9.32. The number of benzene rings is 2. The second-order valence-electron chi connectivity index (χ2n) is 9.32. The van der Waals surface area contributed by atoms with Crippen LogP contribution in [0.5, 0.6) is 0 Å². The summed E-state index contributed by atoms with van der Waals surface area (Å²) in [4.78, 5) is 20.9. The molecule has 0 N–H and O–H groups in total. The fourth-order valence-corrected chi connectivity index (χ4v) is 5.12. The fourth-order valence-electron chi connectivity index (χ4n) is 5.12. The largest absolute Gasteiger partial charge is 0.423 e. The molecule has 182 valence electrons. The molecule has 2 heterocycles. The van der Waals surface area contributed by atoms with E-state index in [-0.39, 0.29) is 11.2 Å². The molecule has 35 heavy (non-hydrogen) atoms. The van der Waals surface area contributed by atoms with E-state index in [1.807, 2.05) is 36.4 Å². The van der Waals surface area contributed by atoms with Gasteiger partial charge in [-0.3, -0.25) is 4.79 Å². The molecule has 3 aromatic rings. The third-order valence-corrected chi connectivity index (χ3v) is 6.97. The number of ether oxygens (including phenoxy) is 1. The molecule has 2 aliphatic rings. The van der Waals surface area contributed by atoms with Crippen LogP contribution in [0.25, 0.3) is 11.4 Å². The number of nitrogens with zero attached hydrogens (tertiary/aromatic N) is 3. The topological polar surface area (TPSA) is 86.8 Å². The normalized spacial score (nSPS) is 19.1. The van der Waals surface area contributed by atoms with Gasteiger partial charge in [-0.25, -0.2) is 4.39 Å². The molecule has 1 aliphatic heterocycles. The first-order valence-corrected chi connectivity index (χ1v) is 12.1. The summed E-state index contributed by atoms with van der Waals surface area (Å²) in [7, 11) is 0. The second kappa shape index (κ2) is 9.98. The predicted octanol–water partition coefficient (Wildman–Crippen LogP) is 5.72. The van der Waals surface area contributed by atoms with Crippen molar-refractivity contribution in [2.75, 3.05) is 0 Å². The predicted molar refractivity (Wildman–Crippen MR) is 127 cm³/mol. The van der Waals surface area contributed by atoms with Crippen molar-refractivity contribution in [1.29, 1.82) is 0 Å². The maximum absolute atomic E-state index is 13.5. The Balaban J connectivity index is 1.24. The molecular formula is C27H28FN3O4. The maximum Gasteiger partial charge on any atom is 0.305 e. The van der Waals surface area contributed by atoms with Crippen LogP contribution in [0.2, 0.25) is 0 Å². The van der Waals surface area contributed by atoms with Crippen LogP contribution in [0.3, 0.4) is 0 Å². The lowest BCUT2D eigenvalue weighted by molar-refractivity contribution is -0.170. The van der Waals surface area contributed by atoms with E-state index < -0.39 is 12.3 Å². The Morgan fingerprint density at radius 2 is 1.77 bits per heavy atom. The molecule has 8 heteroatoms. The summed E-state index contributed by atoms with van der Waals surface area (Å²) in [6.07, 6.45) is 7.07. The first-order chi connectivity index (χ1) is 17.0. The van der Waals surface area contributed by atoms with Gasteiger partial charge in [0.15, 0.2) is 0 Å². The van der Waals surface area contributed by atoms with Gasteiger partial charge >= 0.3 is 5.97 Å². The number of aromatic nitrogens is 2. The zero-order valence-corrected chi connectivity index (χ0v) is 19.7. The van der Waals surface area contributed by atoms with Gasteiger partial charge in [0.05, 0.1) is 12.1 Å². The number of esters is 1. The third kappa shape index (κ3) is 5.26. The van der Waals surface area contributed by atoms with E-state index in [4.69, 9.17) is 14.1 Å². The van der Waals surface area contributed by atoms with Crippen LogP contribution in [0.1, 0.15) is 68.9 Å². The number of hydrogen-bond acceptors (Lipinski definition) is 7. The van der Waals surface area contributed by atoms with Crippen molar-refractivity contribution in [3.8, 4) is 11.4 Å². The van der Waals surface area contributed by atoms with Gasteiger partial charge in [0.2, 0.25) is 11.7 Å². The van der Waals surface area contributed by atoms with Crippen molar-refractivity contribution in [2.45, 2.75) is 70.0 Å². The molecule has 0 amide bonds. The molecule has 0 saturated heterocycles. The van der Waals surface area contributed by atoms with Gasteiger partial charge in [-0.2, -0.15) is 4.98 Å². The van der Waals surface area contributed by atoms with Crippen molar-refractivity contribution in [1.82, 2.24) is 10.1 Å². The Morgan fingerprint density at radius 1 is 1.06 bits per heavy atom. The molecule has 0 radical (unpaired) electrons. The lowest BCUT2D eigenvalue weighted by Gasteiger charge is -2.38. The minimum atomic E-state index is -0.677. The average molecular weight is 478 g/mol. The Hall–Kier alpha value is -3.55. The molecule has 7 nitrogen and oxygen atoms in total. The summed E-state index contributed by atoms with van der Waals surface area (Å²) in [5, 5.41) is 8.20. The molecule has 1 saturated carbocycles. The number of rotatable bonds is 7. The lowest BCUT2D eigenvalue weighted by atomic mass is 9.67. The molecule has 2 aromatic carbocycles. The van der Waals surface area contributed by atoms with Gasteiger partial charge in [0, 0.05) is 18.9 Å². The van der Waals surface area contributed by atoms with E-state index in [0.717, 1.165) is 36.1 Å². The van der Waals surface area contributed by atoms with Crippen molar-refractivity contribution in [2.24, 2.45) is 5.16 Å². The molecule has 1 aliphatic carbocycles. The van der Waals surface area contributed by atoms with E-state index in [9.17, 15) is 9.18 Å². The molecule has 1 aromatic heterocycles. The van der Waals surface area contributed by atoms with E-state index in [0.29, 0.717) is 24.6 Å². The molecule has 0 bridgehead atoms. The van der Waals surface area contributed by atoms with E-state index in [1.165, 1.54) is 31.7 Å². The highest BCUT2D eigenvalue weighted by Gasteiger charge is 2.34. The first kappa shape index (κ1) is 23.2. The molecule has 1 fully saturated rings. The summed E-state index contributed by atoms with van der Waals surface area (Å²) in [6.45, 7) is 1.34. The third-order valence-electron chi connectivity index (χ3n) is 6.97. The number of hydrogen-bond donors (Lipinski definition) is 0. The van der Waals surface area contributed by atoms with Crippen LogP contribution in [-0.2, 0) is 26.2 Å². The van der Waals surface area contributed by atoms with Crippen LogP contribution in [0.15, 0.2) is 58.2 Å². The Morgan fingerprint density at radius 3 is 2.49 bits per heavy atom. The van der Waals surface area contributed by atoms with Crippen LogP contribution < -0.4 is 0 Å². The van der Waals surface area contributed by atoms with Gasteiger partial charge < -0.3 is 14.1 Å². The van der Waals surface area contributed by atoms with Crippen molar-refractivity contribution >= 4 is 11.7 Å². The van der Waals surface area contributed by atoms with Crippen LogP contribution in [0.4, 0.5) is 4.39 Å².